The molecule has 0 spiro atoms. The zero-order chi connectivity index (χ0) is 14.1. The van der Waals surface area contributed by atoms with Crippen LogP contribution in [-0.2, 0) is 9.53 Å². The Kier molecular flexibility index (Phi) is 6.39. The molecule has 0 saturated carbocycles. The molecule has 102 valence electrons. The lowest BCUT2D eigenvalue weighted by molar-refractivity contribution is -0.116. The number of nitrogens with two attached hydrogens (primary N) is 1. The van der Waals surface area contributed by atoms with E-state index < -0.39 is 0 Å². The van der Waals surface area contributed by atoms with Gasteiger partial charge < -0.3 is 15.8 Å². The molecular formula is C15H20N2O2. The summed E-state index contributed by atoms with van der Waals surface area (Å²) in [5, 5.41) is 2.73. The summed E-state index contributed by atoms with van der Waals surface area (Å²) in [6, 6.07) is 7.30. The molecule has 0 fully saturated rings. The van der Waals surface area contributed by atoms with Gasteiger partial charge in [0.15, 0.2) is 0 Å². The number of amides is 1. The Bertz CT molecular complexity index is 450. The minimum absolute atomic E-state index is 0.143. The predicted molar refractivity (Wildman–Crippen MR) is 78.5 cm³/mol. The molecule has 0 heterocycles. The number of benzene rings is 1. The third-order valence-electron chi connectivity index (χ3n) is 2.26. The molecule has 0 aromatic heterocycles. The Morgan fingerprint density at radius 3 is 2.74 bits per heavy atom. The Hall–Kier alpha value is -2.07. The summed E-state index contributed by atoms with van der Waals surface area (Å²) in [5.41, 5.74) is 8.18. The largest absolute Gasteiger partial charge is 0.399 e. The highest BCUT2D eigenvalue weighted by atomic mass is 16.5. The summed E-state index contributed by atoms with van der Waals surface area (Å²) in [6.45, 7) is 7.11. The van der Waals surface area contributed by atoms with Gasteiger partial charge in [0.2, 0.25) is 5.91 Å². The van der Waals surface area contributed by atoms with Crippen LogP contribution in [0.1, 0.15) is 12.5 Å². The van der Waals surface area contributed by atoms with Crippen molar-refractivity contribution in [2.75, 3.05) is 25.5 Å². The number of carbonyl (C=O) groups is 1. The van der Waals surface area contributed by atoms with Crippen LogP contribution in [0.15, 0.2) is 42.5 Å². The summed E-state index contributed by atoms with van der Waals surface area (Å²) in [7, 11) is 0. The number of ether oxygens (including phenoxy) is 1. The van der Waals surface area contributed by atoms with E-state index in [0.29, 0.717) is 25.4 Å². The molecule has 19 heavy (non-hydrogen) atoms. The van der Waals surface area contributed by atoms with Gasteiger partial charge >= 0.3 is 0 Å². The highest BCUT2D eigenvalue weighted by Gasteiger charge is 1.95. The fourth-order valence-corrected chi connectivity index (χ4v) is 1.33. The molecule has 3 N–H and O–H groups in total. The highest BCUT2D eigenvalue weighted by Crippen LogP contribution is 2.06. The smallest absolute Gasteiger partial charge is 0.244 e. The molecule has 1 aromatic rings. The second-order valence-corrected chi connectivity index (χ2v) is 4.30. The quantitative estimate of drug-likeness (QED) is 0.341. The van der Waals surface area contributed by atoms with Gasteiger partial charge in [0, 0.05) is 18.3 Å². The van der Waals surface area contributed by atoms with Gasteiger partial charge in [-0.3, -0.25) is 4.79 Å². The van der Waals surface area contributed by atoms with E-state index in [1.807, 2.05) is 19.1 Å². The van der Waals surface area contributed by atoms with Gasteiger partial charge in [-0.05, 0) is 30.7 Å². The van der Waals surface area contributed by atoms with Crippen molar-refractivity contribution in [1.82, 2.24) is 5.32 Å². The van der Waals surface area contributed by atoms with Crippen LogP contribution in [0.3, 0.4) is 0 Å². The summed E-state index contributed by atoms with van der Waals surface area (Å²) in [4.78, 5) is 11.5. The Balaban J connectivity index is 2.23. The molecule has 0 unspecified atom stereocenters. The van der Waals surface area contributed by atoms with Crippen LogP contribution in [0.4, 0.5) is 5.69 Å². The average molecular weight is 260 g/mol. The zero-order valence-electron chi connectivity index (χ0n) is 11.2. The summed E-state index contributed by atoms with van der Waals surface area (Å²) < 4.78 is 5.27. The molecule has 0 atom stereocenters. The lowest BCUT2D eigenvalue weighted by Crippen LogP contribution is -2.25. The molecule has 0 bridgehead atoms. The molecule has 0 aliphatic carbocycles. The van der Waals surface area contributed by atoms with E-state index in [1.165, 1.54) is 6.08 Å². The molecule has 1 rings (SSSR count). The van der Waals surface area contributed by atoms with E-state index in [9.17, 15) is 4.79 Å². The van der Waals surface area contributed by atoms with Crippen molar-refractivity contribution >= 4 is 17.7 Å². The highest BCUT2D eigenvalue weighted by molar-refractivity contribution is 5.91. The number of rotatable bonds is 7. The molecule has 0 aliphatic rings. The number of carbonyl (C=O) groups excluding carboxylic acids is 1. The number of nitrogens with one attached hydrogen (secondary N) is 1. The van der Waals surface area contributed by atoms with Gasteiger partial charge in [0.25, 0.3) is 0 Å². The van der Waals surface area contributed by atoms with Crippen molar-refractivity contribution in [3.63, 3.8) is 0 Å². The third kappa shape index (κ3) is 7.06. The van der Waals surface area contributed by atoms with Crippen molar-refractivity contribution in [3.05, 3.63) is 48.1 Å². The maximum absolute atomic E-state index is 11.5. The molecule has 0 radical (unpaired) electrons. The van der Waals surface area contributed by atoms with Crippen molar-refractivity contribution in [1.29, 1.82) is 0 Å². The van der Waals surface area contributed by atoms with Gasteiger partial charge in [-0.2, -0.15) is 0 Å². The van der Waals surface area contributed by atoms with E-state index in [2.05, 4.69) is 11.9 Å². The van der Waals surface area contributed by atoms with Gasteiger partial charge in [0.1, 0.15) is 0 Å². The lowest BCUT2D eigenvalue weighted by Gasteiger charge is -2.04. The molecular weight excluding hydrogens is 240 g/mol. The second kappa shape index (κ2) is 8.11. The van der Waals surface area contributed by atoms with Gasteiger partial charge in [-0.25, -0.2) is 0 Å². The van der Waals surface area contributed by atoms with Crippen LogP contribution >= 0.6 is 0 Å². The van der Waals surface area contributed by atoms with Crippen LogP contribution < -0.4 is 11.1 Å². The van der Waals surface area contributed by atoms with E-state index in [1.54, 1.807) is 18.2 Å². The molecule has 0 saturated heterocycles. The number of hydrogen-bond donors (Lipinski definition) is 2. The lowest BCUT2D eigenvalue weighted by atomic mass is 10.2. The Morgan fingerprint density at radius 1 is 1.42 bits per heavy atom. The third-order valence-corrected chi connectivity index (χ3v) is 2.26. The predicted octanol–water partition coefficient (Wildman–Crippen LogP) is 1.99. The monoisotopic (exact) mass is 260 g/mol. The van der Waals surface area contributed by atoms with Crippen LogP contribution in [0.25, 0.3) is 6.08 Å². The molecule has 0 aliphatic heterocycles. The zero-order valence-corrected chi connectivity index (χ0v) is 11.2. The van der Waals surface area contributed by atoms with Gasteiger partial charge in [-0.15, -0.1) is 0 Å². The van der Waals surface area contributed by atoms with Crippen molar-refractivity contribution in [3.8, 4) is 0 Å². The Labute approximate surface area is 114 Å². The van der Waals surface area contributed by atoms with Crippen LogP contribution in [0, 0.1) is 0 Å². The van der Waals surface area contributed by atoms with Crippen molar-refractivity contribution in [2.24, 2.45) is 0 Å². The van der Waals surface area contributed by atoms with Gasteiger partial charge in [0.05, 0.1) is 13.2 Å². The number of hydrogen-bond acceptors (Lipinski definition) is 3. The minimum Gasteiger partial charge on any atom is -0.399 e. The van der Waals surface area contributed by atoms with Crippen LogP contribution in [-0.4, -0.2) is 25.7 Å². The van der Waals surface area contributed by atoms with E-state index >= 15 is 0 Å². The van der Waals surface area contributed by atoms with Crippen LogP contribution in [0.5, 0.6) is 0 Å². The van der Waals surface area contributed by atoms with E-state index in [-0.39, 0.29) is 5.91 Å². The fourth-order valence-electron chi connectivity index (χ4n) is 1.33. The topological polar surface area (TPSA) is 64.3 Å². The minimum atomic E-state index is -0.143. The molecule has 1 amide bonds. The molecule has 4 nitrogen and oxygen atoms in total. The first-order valence-corrected chi connectivity index (χ1v) is 6.11. The maximum atomic E-state index is 11.5. The van der Waals surface area contributed by atoms with Crippen LogP contribution in [0.2, 0.25) is 0 Å². The Morgan fingerprint density at radius 2 is 2.11 bits per heavy atom. The maximum Gasteiger partial charge on any atom is 0.244 e. The van der Waals surface area contributed by atoms with E-state index in [4.69, 9.17) is 10.5 Å². The first kappa shape index (κ1) is 15.0. The summed E-state index contributed by atoms with van der Waals surface area (Å²) in [5.74, 6) is -0.143. The van der Waals surface area contributed by atoms with E-state index in [0.717, 1.165) is 11.1 Å². The normalized spacial score (nSPS) is 10.6. The van der Waals surface area contributed by atoms with Crippen molar-refractivity contribution < 1.29 is 9.53 Å². The molecule has 1 aromatic carbocycles. The standard InChI is InChI=1S/C15H20N2O2/c1-12(2)11-19-10-9-17-15(18)8-5-13-3-6-14(16)7-4-13/h3-8H,1,9-11,16H2,2H3,(H,17,18)/b8-5+. The summed E-state index contributed by atoms with van der Waals surface area (Å²) in [6.07, 6.45) is 3.23. The number of anilines is 1. The average Bonchev–Trinajstić information content (AvgIpc) is 2.37. The second-order valence-electron chi connectivity index (χ2n) is 4.30. The fraction of sp³-hybridized carbons (Fsp3) is 0.267. The van der Waals surface area contributed by atoms with Crippen molar-refractivity contribution in [2.45, 2.75) is 6.92 Å². The SMILES string of the molecule is C=C(C)COCCNC(=O)/C=C/c1ccc(N)cc1. The van der Waals surface area contributed by atoms with Gasteiger partial charge in [-0.1, -0.05) is 24.3 Å². The first-order chi connectivity index (χ1) is 9.08. The first-order valence-electron chi connectivity index (χ1n) is 6.11. The number of nitrogen functional groups attached to an aromatic ring is 1. The summed E-state index contributed by atoms with van der Waals surface area (Å²) >= 11 is 0. The molecule has 4 heteroatoms.